The van der Waals surface area contributed by atoms with Gasteiger partial charge >= 0.3 is 6.09 Å². The molecule has 4 nitrogen and oxygen atoms in total. The summed E-state index contributed by atoms with van der Waals surface area (Å²) < 4.78 is 5.67. The minimum Gasteiger partial charge on any atom is -0.443 e. The van der Waals surface area contributed by atoms with E-state index in [9.17, 15) is 4.79 Å². The molecule has 0 aromatic heterocycles. The van der Waals surface area contributed by atoms with E-state index in [0.29, 0.717) is 17.6 Å². The summed E-state index contributed by atoms with van der Waals surface area (Å²) in [6.45, 7) is 2.47. The fraction of sp³-hybridized carbons (Fsp3) is 0.409. The van der Waals surface area contributed by atoms with E-state index in [0.717, 1.165) is 25.2 Å². The first-order chi connectivity index (χ1) is 13.2. The minimum absolute atomic E-state index is 0.0930. The van der Waals surface area contributed by atoms with Crippen LogP contribution in [0.1, 0.15) is 24.8 Å². The fourth-order valence-electron chi connectivity index (χ4n) is 4.13. The Bertz CT molecular complexity index is 766. The van der Waals surface area contributed by atoms with Crippen molar-refractivity contribution in [2.45, 2.75) is 37.8 Å². The van der Waals surface area contributed by atoms with Gasteiger partial charge in [0.25, 0.3) is 0 Å². The SMILES string of the molecule is O=C1OC(CN2CCCCC2Cc2ccccc2)CN1c1ccc(Cl)cc1. The first-order valence-corrected chi connectivity index (χ1v) is 10.1. The summed E-state index contributed by atoms with van der Waals surface area (Å²) in [5.41, 5.74) is 2.21. The van der Waals surface area contributed by atoms with Crippen molar-refractivity contribution in [3.05, 3.63) is 65.2 Å². The summed E-state index contributed by atoms with van der Waals surface area (Å²) in [5.74, 6) is 0. The maximum absolute atomic E-state index is 12.3. The van der Waals surface area contributed by atoms with Crippen LogP contribution >= 0.6 is 11.6 Å². The number of benzene rings is 2. The number of anilines is 1. The number of rotatable bonds is 5. The van der Waals surface area contributed by atoms with E-state index in [1.165, 1.54) is 24.8 Å². The van der Waals surface area contributed by atoms with E-state index in [4.69, 9.17) is 16.3 Å². The van der Waals surface area contributed by atoms with Crippen molar-refractivity contribution >= 4 is 23.4 Å². The van der Waals surface area contributed by atoms with E-state index < -0.39 is 0 Å². The van der Waals surface area contributed by atoms with Crippen LogP contribution in [0.3, 0.4) is 0 Å². The Balaban J connectivity index is 1.40. The Hall–Kier alpha value is -2.04. The zero-order valence-electron chi connectivity index (χ0n) is 15.4. The van der Waals surface area contributed by atoms with Gasteiger partial charge in [-0.15, -0.1) is 0 Å². The molecule has 2 aromatic carbocycles. The number of halogens is 1. The lowest BCUT2D eigenvalue weighted by atomic mass is 9.95. The molecule has 27 heavy (non-hydrogen) atoms. The van der Waals surface area contributed by atoms with E-state index in [2.05, 4.69) is 35.2 Å². The number of hydrogen-bond acceptors (Lipinski definition) is 3. The number of hydrogen-bond donors (Lipinski definition) is 0. The Morgan fingerprint density at radius 1 is 1.04 bits per heavy atom. The van der Waals surface area contributed by atoms with Gasteiger partial charge in [-0.2, -0.15) is 0 Å². The van der Waals surface area contributed by atoms with Crippen LogP contribution in [-0.4, -0.2) is 42.8 Å². The van der Waals surface area contributed by atoms with Gasteiger partial charge < -0.3 is 4.74 Å². The highest BCUT2D eigenvalue weighted by Gasteiger charge is 2.35. The molecule has 0 saturated carbocycles. The van der Waals surface area contributed by atoms with Gasteiger partial charge in [0.15, 0.2) is 0 Å². The van der Waals surface area contributed by atoms with Gasteiger partial charge in [0.05, 0.1) is 6.54 Å². The molecule has 2 saturated heterocycles. The molecule has 1 amide bonds. The van der Waals surface area contributed by atoms with E-state index in [-0.39, 0.29) is 12.2 Å². The topological polar surface area (TPSA) is 32.8 Å². The van der Waals surface area contributed by atoms with E-state index in [1.807, 2.05) is 12.1 Å². The number of cyclic esters (lactones) is 1. The molecule has 0 aliphatic carbocycles. The van der Waals surface area contributed by atoms with Crippen LogP contribution in [0.2, 0.25) is 5.02 Å². The second-order valence-electron chi connectivity index (χ2n) is 7.43. The molecule has 2 aromatic rings. The average Bonchev–Trinajstić information content (AvgIpc) is 3.05. The second-order valence-corrected chi connectivity index (χ2v) is 7.86. The molecule has 0 spiro atoms. The molecule has 2 atom stereocenters. The van der Waals surface area contributed by atoms with Crippen molar-refractivity contribution in [3.63, 3.8) is 0 Å². The van der Waals surface area contributed by atoms with Crippen LogP contribution in [0.15, 0.2) is 54.6 Å². The third kappa shape index (κ3) is 4.45. The lowest BCUT2D eigenvalue weighted by Crippen LogP contribution is -2.45. The monoisotopic (exact) mass is 384 g/mol. The smallest absolute Gasteiger partial charge is 0.414 e. The third-order valence-corrected chi connectivity index (χ3v) is 5.77. The lowest BCUT2D eigenvalue weighted by molar-refractivity contribution is 0.0727. The van der Waals surface area contributed by atoms with Gasteiger partial charge in [-0.05, 0) is 55.6 Å². The van der Waals surface area contributed by atoms with Crippen LogP contribution in [0.5, 0.6) is 0 Å². The highest BCUT2D eigenvalue weighted by atomic mass is 35.5. The Kier molecular flexibility index (Phi) is 5.65. The Morgan fingerprint density at radius 2 is 1.81 bits per heavy atom. The normalized spacial score (nSPS) is 23.4. The van der Waals surface area contributed by atoms with Crippen molar-refractivity contribution in [2.75, 3.05) is 24.5 Å². The summed E-state index contributed by atoms with van der Waals surface area (Å²) in [6, 6.07) is 18.5. The van der Waals surface area contributed by atoms with Crippen LogP contribution in [0.25, 0.3) is 0 Å². The van der Waals surface area contributed by atoms with Gasteiger partial charge in [-0.25, -0.2) is 4.79 Å². The summed E-state index contributed by atoms with van der Waals surface area (Å²) in [6.07, 6.45) is 4.39. The molecule has 142 valence electrons. The van der Waals surface area contributed by atoms with E-state index in [1.54, 1.807) is 17.0 Å². The molecule has 2 heterocycles. The Labute approximate surface area is 165 Å². The lowest BCUT2D eigenvalue weighted by Gasteiger charge is -2.36. The number of likely N-dealkylation sites (tertiary alicyclic amines) is 1. The molecular weight excluding hydrogens is 360 g/mol. The number of carbonyl (C=O) groups is 1. The molecule has 4 rings (SSSR count). The molecule has 0 radical (unpaired) electrons. The first kappa shape index (κ1) is 18.3. The maximum Gasteiger partial charge on any atom is 0.414 e. The zero-order valence-corrected chi connectivity index (χ0v) is 16.1. The molecule has 2 aliphatic rings. The van der Waals surface area contributed by atoms with Crippen LogP contribution in [0.4, 0.5) is 10.5 Å². The first-order valence-electron chi connectivity index (χ1n) is 9.71. The molecule has 5 heteroatoms. The summed E-state index contributed by atoms with van der Waals surface area (Å²) in [4.78, 5) is 16.6. The average molecular weight is 385 g/mol. The van der Waals surface area contributed by atoms with Gasteiger partial charge in [0, 0.05) is 23.3 Å². The molecule has 2 unspecified atom stereocenters. The number of amides is 1. The minimum atomic E-state index is -0.265. The molecule has 2 aliphatic heterocycles. The second kappa shape index (κ2) is 8.32. The fourth-order valence-corrected chi connectivity index (χ4v) is 4.25. The summed E-state index contributed by atoms with van der Waals surface area (Å²) in [5, 5.41) is 0.667. The van der Waals surface area contributed by atoms with Crippen molar-refractivity contribution in [1.82, 2.24) is 4.90 Å². The molecular formula is C22H25ClN2O2. The number of ether oxygens (including phenoxy) is 1. The van der Waals surface area contributed by atoms with Crippen LogP contribution in [0, 0.1) is 0 Å². The van der Waals surface area contributed by atoms with Crippen molar-refractivity contribution in [1.29, 1.82) is 0 Å². The van der Waals surface area contributed by atoms with E-state index >= 15 is 0 Å². The highest BCUT2D eigenvalue weighted by Crippen LogP contribution is 2.26. The molecule has 2 fully saturated rings. The zero-order chi connectivity index (χ0) is 18.6. The predicted molar refractivity (Wildman–Crippen MR) is 108 cm³/mol. The number of nitrogens with zero attached hydrogens (tertiary/aromatic N) is 2. The van der Waals surface area contributed by atoms with Crippen molar-refractivity contribution in [3.8, 4) is 0 Å². The van der Waals surface area contributed by atoms with Gasteiger partial charge in [-0.1, -0.05) is 48.4 Å². The van der Waals surface area contributed by atoms with Crippen molar-refractivity contribution in [2.24, 2.45) is 0 Å². The third-order valence-electron chi connectivity index (χ3n) is 5.51. The largest absolute Gasteiger partial charge is 0.443 e. The maximum atomic E-state index is 12.3. The van der Waals surface area contributed by atoms with Gasteiger partial charge in [-0.3, -0.25) is 9.80 Å². The molecule has 0 bridgehead atoms. The predicted octanol–water partition coefficient (Wildman–Crippen LogP) is 4.76. The highest BCUT2D eigenvalue weighted by molar-refractivity contribution is 6.30. The Morgan fingerprint density at radius 3 is 2.59 bits per heavy atom. The van der Waals surface area contributed by atoms with Crippen LogP contribution < -0.4 is 4.90 Å². The van der Waals surface area contributed by atoms with Crippen LogP contribution in [-0.2, 0) is 11.2 Å². The summed E-state index contributed by atoms with van der Waals surface area (Å²) in [7, 11) is 0. The number of piperidine rings is 1. The standard InChI is InChI=1S/C22H25ClN2O2/c23-18-9-11-19(12-10-18)25-16-21(27-22(25)26)15-24-13-5-4-8-20(24)14-17-6-2-1-3-7-17/h1-3,6-7,9-12,20-21H,4-5,8,13-16H2. The molecule has 0 N–H and O–H groups in total. The van der Waals surface area contributed by atoms with Gasteiger partial charge in [0.1, 0.15) is 6.10 Å². The van der Waals surface area contributed by atoms with Gasteiger partial charge in [0.2, 0.25) is 0 Å². The quantitative estimate of drug-likeness (QED) is 0.744. The summed E-state index contributed by atoms with van der Waals surface area (Å²) >= 11 is 5.95. The number of carbonyl (C=O) groups excluding carboxylic acids is 1. The van der Waals surface area contributed by atoms with Crippen molar-refractivity contribution < 1.29 is 9.53 Å².